The van der Waals surface area contributed by atoms with Gasteiger partial charge in [-0.05, 0) is 42.5 Å². The molecule has 3 rings (SSSR count). The highest BCUT2D eigenvalue weighted by molar-refractivity contribution is 5.85. The number of alkyl halides is 2. The van der Waals surface area contributed by atoms with Crippen molar-refractivity contribution in [1.29, 1.82) is 0 Å². The van der Waals surface area contributed by atoms with Gasteiger partial charge in [-0.2, -0.15) is 0 Å². The lowest BCUT2D eigenvalue weighted by molar-refractivity contribution is -0.124. The van der Waals surface area contributed by atoms with Gasteiger partial charge in [0, 0.05) is 6.42 Å². The molecule has 0 saturated carbocycles. The molecule has 1 fully saturated rings. The van der Waals surface area contributed by atoms with Crippen LogP contribution < -0.4 is 10.6 Å². The Morgan fingerprint density at radius 2 is 2.14 bits per heavy atom. The van der Waals surface area contributed by atoms with Crippen LogP contribution in [0.3, 0.4) is 0 Å². The molecule has 22 heavy (non-hydrogen) atoms. The Balaban J connectivity index is 0.00000176. The number of carbonyl (C=O) groups is 1. The van der Waals surface area contributed by atoms with E-state index in [1.807, 2.05) is 0 Å². The van der Waals surface area contributed by atoms with Gasteiger partial charge in [-0.1, -0.05) is 6.07 Å². The van der Waals surface area contributed by atoms with Gasteiger partial charge in [0.25, 0.3) is 5.92 Å². The number of halogens is 4. The first kappa shape index (κ1) is 17.1. The van der Waals surface area contributed by atoms with Gasteiger partial charge < -0.3 is 5.32 Å². The summed E-state index contributed by atoms with van der Waals surface area (Å²) < 4.78 is 39.5. The van der Waals surface area contributed by atoms with Crippen molar-refractivity contribution in [2.24, 2.45) is 0 Å². The van der Waals surface area contributed by atoms with Gasteiger partial charge in [0.15, 0.2) is 0 Å². The lowest BCUT2D eigenvalue weighted by atomic mass is 9.87. The van der Waals surface area contributed by atoms with Crippen molar-refractivity contribution in [3.63, 3.8) is 0 Å². The second-order valence-corrected chi connectivity index (χ2v) is 5.79. The number of amides is 1. The van der Waals surface area contributed by atoms with Gasteiger partial charge in [0.05, 0.1) is 18.6 Å². The molecule has 1 aliphatic heterocycles. The van der Waals surface area contributed by atoms with Crippen molar-refractivity contribution >= 4 is 18.3 Å². The Labute approximate surface area is 133 Å². The van der Waals surface area contributed by atoms with Gasteiger partial charge in [-0.15, -0.1) is 12.4 Å². The SMILES string of the molecule is Cl.O=C(NC1CCCc2cc(F)ccc21)C1CC(F)(F)CN1. The minimum Gasteiger partial charge on any atom is -0.348 e. The van der Waals surface area contributed by atoms with Gasteiger partial charge in [-0.25, -0.2) is 13.2 Å². The Morgan fingerprint density at radius 3 is 2.82 bits per heavy atom. The number of benzene rings is 1. The van der Waals surface area contributed by atoms with Gasteiger partial charge in [0.2, 0.25) is 5.91 Å². The van der Waals surface area contributed by atoms with Gasteiger partial charge in [0.1, 0.15) is 5.82 Å². The number of rotatable bonds is 2. The number of aryl methyl sites for hydroxylation is 1. The average Bonchev–Trinajstić information content (AvgIpc) is 2.79. The zero-order chi connectivity index (χ0) is 15.0. The molecule has 3 nitrogen and oxygen atoms in total. The number of nitrogens with one attached hydrogen (secondary N) is 2. The number of carbonyl (C=O) groups excluding carboxylic acids is 1. The van der Waals surface area contributed by atoms with Crippen LogP contribution in [0.1, 0.15) is 36.4 Å². The lowest BCUT2D eigenvalue weighted by Gasteiger charge is -2.27. The summed E-state index contributed by atoms with van der Waals surface area (Å²) in [6.45, 7) is -0.461. The molecular formula is C15H18ClF3N2O. The molecule has 2 N–H and O–H groups in total. The Kier molecular flexibility index (Phi) is 5.02. The van der Waals surface area contributed by atoms with E-state index in [1.165, 1.54) is 12.1 Å². The van der Waals surface area contributed by atoms with Crippen LogP contribution in [-0.2, 0) is 11.2 Å². The molecule has 0 bridgehead atoms. The summed E-state index contributed by atoms with van der Waals surface area (Å²) in [5.41, 5.74) is 1.78. The monoisotopic (exact) mass is 334 g/mol. The van der Waals surface area contributed by atoms with E-state index in [1.54, 1.807) is 6.07 Å². The standard InChI is InChI=1S/C15H17F3N2O.ClH/c16-10-4-5-11-9(6-10)2-1-3-12(11)20-14(21)13-7-15(17,18)8-19-13;/h4-6,12-13,19H,1-3,7-8H2,(H,20,21);1H. The fraction of sp³-hybridized carbons (Fsp3) is 0.533. The van der Waals surface area contributed by atoms with E-state index in [-0.39, 0.29) is 24.3 Å². The summed E-state index contributed by atoms with van der Waals surface area (Å²) >= 11 is 0. The molecule has 1 saturated heterocycles. The van der Waals surface area contributed by atoms with Crippen molar-refractivity contribution in [3.8, 4) is 0 Å². The maximum absolute atomic E-state index is 13.2. The second kappa shape index (κ2) is 6.46. The third kappa shape index (κ3) is 3.55. The second-order valence-electron chi connectivity index (χ2n) is 5.79. The predicted molar refractivity (Wildman–Crippen MR) is 78.8 cm³/mol. The summed E-state index contributed by atoms with van der Waals surface area (Å²) in [6.07, 6.45) is 1.89. The van der Waals surface area contributed by atoms with E-state index in [2.05, 4.69) is 10.6 Å². The molecule has 122 valence electrons. The van der Waals surface area contributed by atoms with Crippen molar-refractivity contribution < 1.29 is 18.0 Å². The smallest absolute Gasteiger partial charge is 0.262 e. The largest absolute Gasteiger partial charge is 0.348 e. The third-order valence-electron chi connectivity index (χ3n) is 4.16. The summed E-state index contributed by atoms with van der Waals surface area (Å²) in [5, 5.41) is 5.36. The zero-order valence-corrected chi connectivity index (χ0v) is 12.7. The topological polar surface area (TPSA) is 41.1 Å². The first-order valence-corrected chi connectivity index (χ1v) is 7.14. The molecule has 1 amide bonds. The van der Waals surface area contributed by atoms with E-state index in [4.69, 9.17) is 0 Å². The van der Waals surface area contributed by atoms with E-state index in [0.29, 0.717) is 0 Å². The van der Waals surface area contributed by atoms with Crippen LogP contribution in [0.15, 0.2) is 18.2 Å². The van der Waals surface area contributed by atoms with Gasteiger partial charge >= 0.3 is 0 Å². The quantitative estimate of drug-likeness (QED) is 0.873. The predicted octanol–water partition coefficient (Wildman–Crippen LogP) is 2.74. The minimum atomic E-state index is -2.82. The maximum atomic E-state index is 13.2. The Bertz CT molecular complexity index is 568. The number of hydrogen-bond acceptors (Lipinski definition) is 2. The lowest BCUT2D eigenvalue weighted by Crippen LogP contribution is -2.42. The molecule has 2 aliphatic rings. The number of hydrogen-bond donors (Lipinski definition) is 2. The summed E-state index contributed by atoms with van der Waals surface area (Å²) in [6, 6.07) is 3.44. The fourth-order valence-electron chi connectivity index (χ4n) is 3.11. The van der Waals surface area contributed by atoms with Crippen LogP contribution in [0.2, 0.25) is 0 Å². The van der Waals surface area contributed by atoms with E-state index in [0.717, 1.165) is 30.4 Å². The molecule has 2 unspecified atom stereocenters. The average molecular weight is 335 g/mol. The highest BCUT2D eigenvalue weighted by atomic mass is 35.5. The van der Waals surface area contributed by atoms with E-state index < -0.39 is 30.8 Å². The summed E-state index contributed by atoms with van der Waals surface area (Å²) in [4.78, 5) is 12.1. The highest BCUT2D eigenvalue weighted by Crippen LogP contribution is 2.31. The van der Waals surface area contributed by atoms with Crippen molar-refractivity contribution in [2.75, 3.05) is 6.54 Å². The van der Waals surface area contributed by atoms with Crippen LogP contribution in [0, 0.1) is 5.82 Å². The van der Waals surface area contributed by atoms with Crippen molar-refractivity contribution in [1.82, 2.24) is 10.6 Å². The zero-order valence-electron chi connectivity index (χ0n) is 11.9. The molecular weight excluding hydrogens is 317 g/mol. The van der Waals surface area contributed by atoms with Crippen LogP contribution in [0.4, 0.5) is 13.2 Å². The first-order valence-electron chi connectivity index (χ1n) is 7.14. The third-order valence-corrected chi connectivity index (χ3v) is 4.16. The van der Waals surface area contributed by atoms with Crippen LogP contribution in [0.5, 0.6) is 0 Å². The molecule has 2 atom stereocenters. The van der Waals surface area contributed by atoms with Crippen LogP contribution in [0.25, 0.3) is 0 Å². The van der Waals surface area contributed by atoms with E-state index in [9.17, 15) is 18.0 Å². The molecule has 7 heteroatoms. The van der Waals surface area contributed by atoms with E-state index >= 15 is 0 Å². The van der Waals surface area contributed by atoms with Crippen molar-refractivity contribution in [3.05, 3.63) is 35.1 Å². The van der Waals surface area contributed by atoms with Crippen LogP contribution >= 0.6 is 12.4 Å². The number of fused-ring (bicyclic) bond motifs is 1. The van der Waals surface area contributed by atoms with Gasteiger partial charge in [-0.3, -0.25) is 10.1 Å². The molecule has 0 radical (unpaired) electrons. The molecule has 1 aliphatic carbocycles. The van der Waals surface area contributed by atoms with Crippen LogP contribution in [-0.4, -0.2) is 24.4 Å². The molecule has 1 aromatic rings. The molecule has 1 heterocycles. The molecule has 1 aromatic carbocycles. The minimum absolute atomic E-state index is 0. The fourth-order valence-corrected chi connectivity index (χ4v) is 3.11. The summed E-state index contributed by atoms with van der Waals surface area (Å²) in [5.74, 6) is -3.53. The first-order chi connectivity index (χ1) is 9.94. The summed E-state index contributed by atoms with van der Waals surface area (Å²) in [7, 11) is 0. The maximum Gasteiger partial charge on any atom is 0.262 e. The Morgan fingerprint density at radius 1 is 1.36 bits per heavy atom. The normalized spacial score (nSPS) is 26.0. The Hall–Kier alpha value is -1.27. The molecule has 0 spiro atoms. The van der Waals surface area contributed by atoms with Crippen molar-refractivity contribution in [2.45, 2.75) is 43.7 Å². The highest BCUT2D eigenvalue weighted by Gasteiger charge is 2.42. The molecule has 0 aromatic heterocycles.